The standard InChI is InChI=1S/C13H16N2O3/c1-9-11(6-7-15(16)17)12-8-10(18-3)4-5-13(12)14(9)2/h4-5,8H,6-7H2,1-3H3. The van der Waals surface area contributed by atoms with Crippen LogP contribution in [0.3, 0.4) is 0 Å². The molecule has 1 heterocycles. The Kier molecular flexibility index (Phi) is 3.23. The molecule has 0 amide bonds. The number of nitrogens with zero attached hydrogens (tertiary/aromatic N) is 2. The number of fused-ring (bicyclic) bond motifs is 1. The summed E-state index contributed by atoms with van der Waals surface area (Å²) in [5.41, 5.74) is 3.18. The first kappa shape index (κ1) is 12.4. The molecule has 0 saturated heterocycles. The summed E-state index contributed by atoms with van der Waals surface area (Å²) in [6.07, 6.45) is 0.448. The van der Waals surface area contributed by atoms with Crippen LogP contribution in [0.5, 0.6) is 5.75 Å². The van der Waals surface area contributed by atoms with Crippen LogP contribution in [0.2, 0.25) is 0 Å². The van der Waals surface area contributed by atoms with E-state index in [9.17, 15) is 10.1 Å². The number of benzene rings is 1. The molecule has 0 spiro atoms. The maximum atomic E-state index is 10.5. The molecule has 96 valence electrons. The maximum absolute atomic E-state index is 10.5. The normalized spacial score (nSPS) is 10.8. The molecule has 0 unspecified atom stereocenters. The van der Waals surface area contributed by atoms with E-state index in [2.05, 4.69) is 4.57 Å². The Morgan fingerprint density at radius 3 is 2.78 bits per heavy atom. The Labute approximate surface area is 105 Å². The van der Waals surface area contributed by atoms with Gasteiger partial charge in [0.1, 0.15) is 5.75 Å². The first-order valence-electron chi connectivity index (χ1n) is 5.78. The van der Waals surface area contributed by atoms with Crippen LogP contribution in [0, 0.1) is 17.0 Å². The Balaban J connectivity index is 2.55. The minimum atomic E-state index is -0.279. The Bertz CT molecular complexity index is 602. The molecule has 0 aliphatic carbocycles. The highest BCUT2D eigenvalue weighted by Gasteiger charge is 2.14. The Morgan fingerprint density at radius 2 is 2.17 bits per heavy atom. The lowest BCUT2D eigenvalue weighted by atomic mass is 10.1. The zero-order valence-electron chi connectivity index (χ0n) is 10.8. The van der Waals surface area contributed by atoms with Gasteiger partial charge in [-0.1, -0.05) is 0 Å². The quantitative estimate of drug-likeness (QED) is 0.616. The van der Waals surface area contributed by atoms with Gasteiger partial charge in [-0.05, 0) is 30.7 Å². The third kappa shape index (κ3) is 2.03. The van der Waals surface area contributed by atoms with Crippen molar-refractivity contribution >= 4 is 10.9 Å². The highest BCUT2D eigenvalue weighted by molar-refractivity contribution is 5.86. The summed E-state index contributed by atoms with van der Waals surface area (Å²) in [5, 5.41) is 11.6. The van der Waals surface area contributed by atoms with E-state index >= 15 is 0 Å². The molecule has 0 N–H and O–H groups in total. The van der Waals surface area contributed by atoms with Crippen LogP contribution in [0.15, 0.2) is 18.2 Å². The number of aromatic nitrogens is 1. The fraction of sp³-hybridized carbons (Fsp3) is 0.385. The largest absolute Gasteiger partial charge is 0.497 e. The topological polar surface area (TPSA) is 57.3 Å². The summed E-state index contributed by atoms with van der Waals surface area (Å²) >= 11 is 0. The van der Waals surface area contributed by atoms with Crippen molar-refractivity contribution in [3.8, 4) is 5.75 Å². The molecule has 5 nitrogen and oxygen atoms in total. The average Bonchev–Trinajstić information content (AvgIpc) is 2.59. The average molecular weight is 248 g/mol. The van der Waals surface area contributed by atoms with E-state index in [0.29, 0.717) is 6.42 Å². The van der Waals surface area contributed by atoms with Crippen molar-refractivity contribution in [1.82, 2.24) is 4.57 Å². The zero-order chi connectivity index (χ0) is 13.3. The SMILES string of the molecule is COc1ccc2c(c1)c(CC[N+](=O)[O-])c(C)n2C. The summed E-state index contributed by atoms with van der Waals surface area (Å²) in [7, 11) is 3.59. The van der Waals surface area contributed by atoms with Gasteiger partial charge in [0.15, 0.2) is 0 Å². The van der Waals surface area contributed by atoms with Crippen molar-refractivity contribution in [2.75, 3.05) is 13.7 Å². The van der Waals surface area contributed by atoms with Crippen LogP contribution in [0.1, 0.15) is 11.3 Å². The number of hydrogen-bond donors (Lipinski definition) is 0. The number of nitro groups is 1. The molecule has 1 aromatic carbocycles. The smallest absolute Gasteiger partial charge is 0.207 e. The number of hydrogen-bond acceptors (Lipinski definition) is 3. The molecule has 0 bridgehead atoms. The Morgan fingerprint density at radius 1 is 1.44 bits per heavy atom. The molecule has 0 radical (unpaired) electrons. The molecule has 0 atom stereocenters. The van der Waals surface area contributed by atoms with E-state index < -0.39 is 0 Å². The van der Waals surface area contributed by atoms with Crippen molar-refractivity contribution in [3.05, 3.63) is 39.6 Å². The van der Waals surface area contributed by atoms with Gasteiger partial charge in [0.25, 0.3) is 0 Å². The second kappa shape index (κ2) is 4.68. The molecule has 0 aliphatic rings. The molecule has 5 heteroatoms. The van der Waals surface area contributed by atoms with E-state index in [1.165, 1.54) is 0 Å². The minimum absolute atomic E-state index is 0.0445. The predicted octanol–water partition coefficient (Wildman–Crippen LogP) is 2.31. The van der Waals surface area contributed by atoms with Gasteiger partial charge in [-0.15, -0.1) is 0 Å². The van der Waals surface area contributed by atoms with Gasteiger partial charge in [0, 0.05) is 35.0 Å². The molecule has 18 heavy (non-hydrogen) atoms. The molecule has 2 rings (SSSR count). The molecule has 0 saturated carbocycles. The van der Waals surface area contributed by atoms with Crippen molar-refractivity contribution in [1.29, 1.82) is 0 Å². The monoisotopic (exact) mass is 248 g/mol. The minimum Gasteiger partial charge on any atom is -0.497 e. The number of methoxy groups -OCH3 is 1. The van der Waals surface area contributed by atoms with Crippen molar-refractivity contribution in [3.63, 3.8) is 0 Å². The van der Waals surface area contributed by atoms with Crippen LogP contribution in [-0.2, 0) is 13.5 Å². The number of ether oxygens (including phenoxy) is 1. The van der Waals surface area contributed by atoms with Gasteiger partial charge < -0.3 is 9.30 Å². The molecular formula is C13H16N2O3. The second-order valence-corrected chi connectivity index (χ2v) is 4.31. The molecule has 0 fully saturated rings. The van der Waals surface area contributed by atoms with Crippen LogP contribution < -0.4 is 4.74 Å². The molecule has 1 aromatic heterocycles. The van der Waals surface area contributed by atoms with E-state index in [1.807, 2.05) is 32.2 Å². The fourth-order valence-corrected chi connectivity index (χ4v) is 2.27. The highest BCUT2D eigenvalue weighted by atomic mass is 16.6. The van der Waals surface area contributed by atoms with Crippen LogP contribution in [0.25, 0.3) is 10.9 Å². The van der Waals surface area contributed by atoms with Gasteiger partial charge in [-0.3, -0.25) is 10.1 Å². The second-order valence-electron chi connectivity index (χ2n) is 4.31. The van der Waals surface area contributed by atoms with E-state index in [4.69, 9.17) is 4.74 Å². The van der Waals surface area contributed by atoms with Gasteiger partial charge in [0.05, 0.1) is 7.11 Å². The third-order valence-electron chi connectivity index (χ3n) is 3.37. The summed E-state index contributed by atoms with van der Waals surface area (Å²) in [5.74, 6) is 0.774. The van der Waals surface area contributed by atoms with Crippen LogP contribution in [0.4, 0.5) is 0 Å². The third-order valence-corrected chi connectivity index (χ3v) is 3.37. The van der Waals surface area contributed by atoms with E-state index in [-0.39, 0.29) is 11.5 Å². The van der Waals surface area contributed by atoms with Gasteiger partial charge in [-0.25, -0.2) is 0 Å². The Hall–Kier alpha value is -2.04. The van der Waals surface area contributed by atoms with Gasteiger partial charge >= 0.3 is 0 Å². The molecule has 2 aromatic rings. The summed E-state index contributed by atoms with van der Waals surface area (Å²) in [4.78, 5) is 10.2. The van der Waals surface area contributed by atoms with Crippen molar-refractivity contribution in [2.24, 2.45) is 7.05 Å². The van der Waals surface area contributed by atoms with Gasteiger partial charge in [0.2, 0.25) is 6.54 Å². The summed E-state index contributed by atoms with van der Waals surface area (Å²) in [6.45, 7) is 1.94. The van der Waals surface area contributed by atoms with E-state index in [0.717, 1.165) is 27.9 Å². The molecular weight excluding hydrogens is 232 g/mol. The molecule has 0 aliphatic heterocycles. The number of aryl methyl sites for hydroxylation is 1. The first-order chi connectivity index (χ1) is 8.54. The van der Waals surface area contributed by atoms with Crippen LogP contribution >= 0.6 is 0 Å². The van der Waals surface area contributed by atoms with Crippen molar-refractivity contribution in [2.45, 2.75) is 13.3 Å². The zero-order valence-corrected chi connectivity index (χ0v) is 10.8. The number of rotatable bonds is 4. The van der Waals surface area contributed by atoms with Crippen molar-refractivity contribution < 1.29 is 9.66 Å². The first-order valence-corrected chi connectivity index (χ1v) is 5.78. The van der Waals surface area contributed by atoms with Crippen LogP contribution in [-0.4, -0.2) is 23.1 Å². The lowest BCUT2D eigenvalue weighted by Crippen LogP contribution is -2.05. The van der Waals surface area contributed by atoms with Gasteiger partial charge in [-0.2, -0.15) is 0 Å². The lowest BCUT2D eigenvalue weighted by molar-refractivity contribution is -0.479. The van der Waals surface area contributed by atoms with E-state index in [1.54, 1.807) is 7.11 Å². The fourth-order valence-electron chi connectivity index (χ4n) is 2.27. The maximum Gasteiger partial charge on any atom is 0.207 e. The predicted molar refractivity (Wildman–Crippen MR) is 69.8 cm³/mol. The summed E-state index contributed by atoms with van der Waals surface area (Å²) in [6, 6.07) is 5.83. The lowest BCUT2D eigenvalue weighted by Gasteiger charge is -2.01. The summed E-state index contributed by atoms with van der Waals surface area (Å²) < 4.78 is 7.27. The highest BCUT2D eigenvalue weighted by Crippen LogP contribution is 2.28.